The van der Waals surface area contributed by atoms with Crippen LogP contribution >= 0.6 is 0 Å². The van der Waals surface area contributed by atoms with Crippen LogP contribution < -0.4 is 28.1 Å². The van der Waals surface area contributed by atoms with Crippen molar-refractivity contribution in [2.45, 2.75) is 50.5 Å². The summed E-state index contributed by atoms with van der Waals surface area (Å²) in [4.78, 5) is 4.14. The van der Waals surface area contributed by atoms with Gasteiger partial charge in [0.05, 0.1) is 5.69 Å². The van der Waals surface area contributed by atoms with Gasteiger partial charge in [0.15, 0.2) is 5.82 Å². The molecule has 166 valence electrons. The molecule has 0 amide bonds. The monoisotopic (exact) mass is 422 g/mol. The third-order valence-corrected chi connectivity index (χ3v) is 5.66. The topological polar surface area (TPSA) is 144 Å². The summed E-state index contributed by atoms with van der Waals surface area (Å²) in [6.45, 7) is 0.904. The van der Waals surface area contributed by atoms with Gasteiger partial charge in [-0.05, 0) is 43.5 Å². The molecular weight excluding hydrogens is 388 g/mol. The fourth-order valence-corrected chi connectivity index (χ4v) is 4.06. The third-order valence-electron chi connectivity index (χ3n) is 5.66. The van der Waals surface area contributed by atoms with E-state index >= 15 is 0 Å². The van der Waals surface area contributed by atoms with Crippen molar-refractivity contribution in [2.24, 2.45) is 5.84 Å². The molecule has 8 nitrogen and oxygen atoms in total. The molecule has 2 heterocycles. The van der Waals surface area contributed by atoms with Crippen molar-refractivity contribution in [1.29, 1.82) is 0 Å². The Morgan fingerprint density at radius 1 is 1.03 bits per heavy atom. The van der Waals surface area contributed by atoms with Crippen LogP contribution in [0.25, 0.3) is 0 Å². The Labute approximate surface area is 184 Å². The van der Waals surface area contributed by atoms with Gasteiger partial charge in [-0.1, -0.05) is 55.7 Å². The average molecular weight is 423 g/mol. The highest BCUT2D eigenvalue weighted by Crippen LogP contribution is 2.34. The maximum Gasteiger partial charge on any atom is 0.165 e. The van der Waals surface area contributed by atoms with Crippen molar-refractivity contribution < 1.29 is 0 Å². The van der Waals surface area contributed by atoms with Crippen LogP contribution in [-0.4, -0.2) is 27.8 Å². The Morgan fingerprint density at radius 2 is 1.71 bits per heavy atom. The number of pyridine rings is 1. The SMILES string of the molecule is NNc1nc(N)cc(C(CCNC2CCCCC2)c2ccn[nH]2)c1N.c1ccccc1. The number of nitrogens with two attached hydrogens (primary N) is 3. The number of anilines is 3. The van der Waals surface area contributed by atoms with Crippen LogP contribution in [0.1, 0.15) is 55.7 Å². The van der Waals surface area contributed by atoms with Gasteiger partial charge in [0.2, 0.25) is 0 Å². The number of benzene rings is 1. The number of nitrogen functional groups attached to an aromatic ring is 3. The Hall–Kier alpha value is -3.10. The molecule has 0 aliphatic heterocycles. The van der Waals surface area contributed by atoms with Crippen LogP contribution in [0.5, 0.6) is 0 Å². The number of H-pyrrole nitrogens is 1. The molecule has 9 N–H and O–H groups in total. The highest BCUT2D eigenvalue weighted by Gasteiger charge is 2.22. The Kier molecular flexibility index (Phi) is 8.69. The van der Waals surface area contributed by atoms with Crippen molar-refractivity contribution in [1.82, 2.24) is 20.5 Å². The van der Waals surface area contributed by atoms with E-state index in [-0.39, 0.29) is 5.92 Å². The fraction of sp³-hybridized carbons (Fsp3) is 0.391. The van der Waals surface area contributed by atoms with Gasteiger partial charge in [-0.15, -0.1) is 0 Å². The zero-order valence-electron chi connectivity index (χ0n) is 17.9. The summed E-state index contributed by atoms with van der Waals surface area (Å²) in [7, 11) is 0. The maximum absolute atomic E-state index is 6.27. The highest BCUT2D eigenvalue weighted by atomic mass is 15.3. The first-order chi connectivity index (χ1) is 15.2. The second kappa shape index (κ2) is 11.9. The van der Waals surface area contributed by atoms with E-state index in [9.17, 15) is 0 Å². The minimum Gasteiger partial charge on any atom is -0.395 e. The van der Waals surface area contributed by atoms with Gasteiger partial charge in [-0.2, -0.15) is 5.10 Å². The lowest BCUT2D eigenvalue weighted by atomic mass is 9.90. The van der Waals surface area contributed by atoms with Gasteiger partial charge in [0.1, 0.15) is 5.82 Å². The molecule has 0 saturated heterocycles. The lowest BCUT2D eigenvalue weighted by Gasteiger charge is -2.25. The van der Waals surface area contributed by atoms with E-state index in [1.165, 1.54) is 32.1 Å². The van der Waals surface area contributed by atoms with Crippen molar-refractivity contribution >= 4 is 17.3 Å². The number of hydrazine groups is 1. The lowest BCUT2D eigenvalue weighted by Crippen LogP contribution is -2.32. The first kappa shape index (κ1) is 22.6. The summed E-state index contributed by atoms with van der Waals surface area (Å²) >= 11 is 0. The van der Waals surface area contributed by atoms with Crippen LogP contribution in [0.4, 0.5) is 17.3 Å². The number of hydrogen-bond acceptors (Lipinski definition) is 7. The molecule has 3 aromatic rings. The molecular formula is C23H34N8. The minimum absolute atomic E-state index is 0.0518. The predicted molar refractivity (Wildman–Crippen MR) is 127 cm³/mol. The highest BCUT2D eigenvalue weighted by molar-refractivity contribution is 5.69. The summed E-state index contributed by atoms with van der Waals surface area (Å²) in [6.07, 6.45) is 9.16. The number of aromatic nitrogens is 3. The Balaban J connectivity index is 0.000000391. The molecule has 1 atom stereocenters. The summed E-state index contributed by atoms with van der Waals surface area (Å²) in [6, 6.07) is 16.4. The smallest absolute Gasteiger partial charge is 0.165 e. The molecule has 1 fully saturated rings. The van der Waals surface area contributed by atoms with Crippen LogP contribution in [0.3, 0.4) is 0 Å². The van der Waals surface area contributed by atoms with Gasteiger partial charge in [-0.25, -0.2) is 10.8 Å². The standard InChI is InChI=1S/C17H28N8.C6H6/c18-15-10-13(16(19)17(23-15)24-20)12(14-7-9-22-25-14)6-8-21-11-4-2-1-3-5-11;1-2-4-6-5-3-1/h7,9-12,21H,1-6,8,19-20H2,(H,22,25)(H3,18,23,24);1-6H. The second-order valence-electron chi connectivity index (χ2n) is 7.84. The van der Waals surface area contributed by atoms with Gasteiger partial charge in [0, 0.05) is 23.9 Å². The van der Waals surface area contributed by atoms with E-state index < -0.39 is 0 Å². The van der Waals surface area contributed by atoms with E-state index in [1.807, 2.05) is 48.5 Å². The second-order valence-corrected chi connectivity index (χ2v) is 7.84. The van der Waals surface area contributed by atoms with Gasteiger partial charge >= 0.3 is 0 Å². The van der Waals surface area contributed by atoms with Crippen molar-refractivity contribution in [2.75, 3.05) is 23.4 Å². The molecule has 8 heteroatoms. The Morgan fingerprint density at radius 3 is 2.29 bits per heavy atom. The summed E-state index contributed by atoms with van der Waals surface area (Å²) in [5, 5.41) is 10.8. The van der Waals surface area contributed by atoms with Crippen molar-refractivity contribution in [3.8, 4) is 0 Å². The lowest BCUT2D eigenvalue weighted by molar-refractivity contribution is 0.369. The minimum atomic E-state index is 0.0518. The quantitative estimate of drug-likeness (QED) is 0.253. The zero-order chi connectivity index (χ0) is 21.9. The summed E-state index contributed by atoms with van der Waals surface area (Å²) in [5.74, 6) is 6.37. The van der Waals surface area contributed by atoms with Crippen molar-refractivity contribution in [3.63, 3.8) is 0 Å². The largest absolute Gasteiger partial charge is 0.395 e. The molecule has 0 spiro atoms. The van der Waals surface area contributed by atoms with E-state index in [0.29, 0.717) is 23.4 Å². The summed E-state index contributed by atoms with van der Waals surface area (Å²) in [5.41, 5.74) is 17.2. The number of aromatic amines is 1. The molecule has 1 unspecified atom stereocenters. The Bertz CT molecular complexity index is 849. The first-order valence-corrected chi connectivity index (χ1v) is 10.9. The van der Waals surface area contributed by atoms with E-state index in [2.05, 4.69) is 25.9 Å². The zero-order valence-corrected chi connectivity index (χ0v) is 17.9. The van der Waals surface area contributed by atoms with Gasteiger partial charge < -0.3 is 22.2 Å². The normalized spacial score (nSPS) is 15.0. The molecule has 0 bridgehead atoms. The molecule has 0 radical (unpaired) electrons. The molecule has 1 aliphatic rings. The number of nitrogens with one attached hydrogen (secondary N) is 3. The van der Waals surface area contributed by atoms with E-state index in [0.717, 1.165) is 24.2 Å². The van der Waals surface area contributed by atoms with Crippen LogP contribution in [0.15, 0.2) is 54.7 Å². The molecule has 4 rings (SSSR count). The number of hydrogen-bond donors (Lipinski definition) is 6. The maximum atomic E-state index is 6.27. The molecule has 31 heavy (non-hydrogen) atoms. The summed E-state index contributed by atoms with van der Waals surface area (Å²) < 4.78 is 0. The number of nitrogens with zero attached hydrogens (tertiary/aromatic N) is 2. The van der Waals surface area contributed by atoms with Crippen molar-refractivity contribution in [3.05, 3.63) is 66.0 Å². The van der Waals surface area contributed by atoms with Gasteiger partial charge in [-0.3, -0.25) is 5.10 Å². The van der Waals surface area contributed by atoms with Crippen LogP contribution in [-0.2, 0) is 0 Å². The van der Waals surface area contributed by atoms with Crippen LogP contribution in [0.2, 0.25) is 0 Å². The molecule has 1 saturated carbocycles. The average Bonchev–Trinajstić information content (AvgIpc) is 3.35. The van der Waals surface area contributed by atoms with E-state index in [1.54, 1.807) is 6.20 Å². The fourth-order valence-electron chi connectivity index (χ4n) is 4.06. The molecule has 1 aromatic carbocycles. The van der Waals surface area contributed by atoms with E-state index in [4.69, 9.17) is 17.3 Å². The predicted octanol–water partition coefficient (Wildman–Crippen LogP) is 3.39. The third kappa shape index (κ3) is 6.70. The van der Waals surface area contributed by atoms with Gasteiger partial charge in [0.25, 0.3) is 0 Å². The number of rotatable bonds is 7. The first-order valence-electron chi connectivity index (χ1n) is 10.9. The molecule has 2 aromatic heterocycles. The molecule has 1 aliphatic carbocycles. The van der Waals surface area contributed by atoms with Crippen LogP contribution in [0, 0.1) is 0 Å².